The van der Waals surface area contributed by atoms with Crippen LogP contribution in [0.15, 0.2) is 48.9 Å². The van der Waals surface area contributed by atoms with Crippen LogP contribution >= 0.6 is 0 Å². The van der Waals surface area contributed by atoms with Gasteiger partial charge in [0, 0.05) is 38.8 Å². The minimum absolute atomic E-state index is 0.0109. The summed E-state index contributed by atoms with van der Waals surface area (Å²) in [6.45, 7) is 0.396. The molecule has 3 unspecified atom stereocenters. The number of pyridine rings is 2. The van der Waals surface area contributed by atoms with Gasteiger partial charge < -0.3 is 9.64 Å². The van der Waals surface area contributed by atoms with E-state index in [1.165, 1.54) is 0 Å². The number of hydrogen-bond donors (Lipinski definition) is 2. The fourth-order valence-electron chi connectivity index (χ4n) is 3.06. The molecule has 1 aliphatic heterocycles. The molecule has 2 N–H and O–H groups in total. The molecule has 2 aromatic rings. The summed E-state index contributed by atoms with van der Waals surface area (Å²) in [5.41, 5.74) is 8.24. The van der Waals surface area contributed by atoms with Gasteiger partial charge in [-0.25, -0.2) is 10.9 Å². The number of nitrogens with one attached hydrogen (secondary N) is 2. The molecule has 0 bridgehead atoms. The first-order valence-electron chi connectivity index (χ1n) is 8.28. The van der Waals surface area contributed by atoms with Crippen LogP contribution < -0.4 is 10.9 Å². The van der Waals surface area contributed by atoms with Crippen LogP contribution in [0.1, 0.15) is 29.8 Å². The van der Waals surface area contributed by atoms with Crippen LogP contribution in [0.4, 0.5) is 0 Å². The molecule has 3 rings (SSSR count). The summed E-state index contributed by atoms with van der Waals surface area (Å²) in [6, 6.07) is 9.16. The number of hydrogen-bond acceptors (Lipinski definition) is 6. The molecular formula is C18H23N5O2. The Balaban J connectivity index is 1.69. The second kappa shape index (κ2) is 8.15. The quantitative estimate of drug-likeness (QED) is 0.823. The minimum atomic E-state index is -0.300. The van der Waals surface area contributed by atoms with Crippen molar-refractivity contribution in [3.63, 3.8) is 0 Å². The number of likely N-dealkylation sites (N-methyl/N-ethyl adjacent to an activating group) is 1. The van der Waals surface area contributed by atoms with Crippen LogP contribution in [0.25, 0.3) is 0 Å². The monoisotopic (exact) mass is 341 g/mol. The van der Waals surface area contributed by atoms with Crippen molar-refractivity contribution < 1.29 is 9.53 Å². The summed E-state index contributed by atoms with van der Waals surface area (Å²) in [6.07, 6.45) is 5.92. The molecule has 0 aliphatic carbocycles. The van der Waals surface area contributed by atoms with Crippen molar-refractivity contribution in [2.75, 3.05) is 20.8 Å². The number of hydrazine groups is 1. The van der Waals surface area contributed by atoms with E-state index in [4.69, 9.17) is 4.74 Å². The molecule has 0 saturated carbocycles. The van der Waals surface area contributed by atoms with Gasteiger partial charge in [0.05, 0.1) is 18.3 Å². The number of amides is 1. The Hall–Kier alpha value is -2.35. The number of aromatic nitrogens is 2. The average Bonchev–Trinajstić information content (AvgIpc) is 3.16. The van der Waals surface area contributed by atoms with Gasteiger partial charge in [-0.15, -0.1) is 0 Å². The minimum Gasteiger partial charge on any atom is -0.382 e. The van der Waals surface area contributed by atoms with Crippen LogP contribution in [0.2, 0.25) is 0 Å². The molecule has 25 heavy (non-hydrogen) atoms. The first kappa shape index (κ1) is 17.5. The van der Waals surface area contributed by atoms with Crippen molar-refractivity contribution in [1.82, 2.24) is 25.7 Å². The molecule has 0 radical (unpaired) electrons. The highest BCUT2D eigenvalue weighted by molar-refractivity contribution is 5.82. The smallest absolute Gasteiger partial charge is 0.241 e. The van der Waals surface area contributed by atoms with Crippen molar-refractivity contribution in [2.45, 2.75) is 24.5 Å². The maximum Gasteiger partial charge on any atom is 0.241 e. The molecule has 1 aliphatic rings. The van der Waals surface area contributed by atoms with Gasteiger partial charge in [0.25, 0.3) is 0 Å². The first-order valence-corrected chi connectivity index (χ1v) is 8.28. The van der Waals surface area contributed by atoms with Crippen molar-refractivity contribution in [2.24, 2.45) is 0 Å². The third-order valence-corrected chi connectivity index (χ3v) is 4.48. The topological polar surface area (TPSA) is 79.4 Å². The molecule has 1 saturated heterocycles. The SMILES string of the molecule is COCC(c1ccccn1)N(C)C(=O)C1CC(c2ccncc2)NN1. The average molecular weight is 341 g/mol. The number of carbonyl (C=O) groups excluding carboxylic acids is 1. The van der Waals surface area contributed by atoms with Gasteiger partial charge in [0.15, 0.2) is 0 Å². The van der Waals surface area contributed by atoms with Gasteiger partial charge in [-0.1, -0.05) is 6.07 Å². The van der Waals surface area contributed by atoms with Crippen molar-refractivity contribution >= 4 is 5.91 Å². The summed E-state index contributed by atoms with van der Waals surface area (Å²) >= 11 is 0. The Kier molecular flexibility index (Phi) is 5.70. The molecule has 3 atom stereocenters. The summed E-state index contributed by atoms with van der Waals surface area (Å²) in [7, 11) is 3.42. The molecule has 2 aromatic heterocycles. The second-order valence-electron chi connectivity index (χ2n) is 6.08. The van der Waals surface area contributed by atoms with Crippen molar-refractivity contribution in [3.05, 3.63) is 60.2 Å². The highest BCUT2D eigenvalue weighted by Gasteiger charge is 2.34. The van der Waals surface area contributed by atoms with Crippen molar-refractivity contribution in [3.8, 4) is 0 Å². The largest absolute Gasteiger partial charge is 0.382 e. The zero-order valence-electron chi connectivity index (χ0n) is 14.4. The molecule has 0 spiro atoms. The van der Waals surface area contributed by atoms with Crippen LogP contribution in [0, 0.1) is 0 Å². The van der Waals surface area contributed by atoms with Crippen LogP contribution in [-0.4, -0.2) is 47.6 Å². The van der Waals surface area contributed by atoms with E-state index < -0.39 is 0 Å². The van der Waals surface area contributed by atoms with Gasteiger partial charge in [-0.3, -0.25) is 14.8 Å². The number of nitrogens with zero attached hydrogens (tertiary/aromatic N) is 3. The van der Waals surface area contributed by atoms with E-state index >= 15 is 0 Å². The Morgan fingerprint density at radius 2 is 2.08 bits per heavy atom. The lowest BCUT2D eigenvalue weighted by atomic mass is 10.0. The lowest BCUT2D eigenvalue weighted by molar-refractivity contribution is -0.135. The standard InChI is InChI=1S/C18H23N5O2/c1-23(17(12-25-2)14-5-3-4-8-20-14)18(24)16-11-15(21-22-16)13-6-9-19-10-7-13/h3-10,15-17,21-22H,11-12H2,1-2H3. The summed E-state index contributed by atoms with van der Waals surface area (Å²) in [4.78, 5) is 23.1. The van der Waals surface area contributed by atoms with E-state index in [0.29, 0.717) is 13.0 Å². The number of methoxy groups -OCH3 is 1. The zero-order chi connectivity index (χ0) is 17.6. The second-order valence-corrected chi connectivity index (χ2v) is 6.08. The normalized spacial score (nSPS) is 21.0. The predicted molar refractivity (Wildman–Crippen MR) is 93.3 cm³/mol. The Bertz CT molecular complexity index is 682. The third kappa shape index (κ3) is 4.01. The number of carbonyl (C=O) groups is 1. The summed E-state index contributed by atoms with van der Waals surface area (Å²) < 4.78 is 5.31. The summed E-state index contributed by atoms with van der Waals surface area (Å²) in [5.74, 6) is 0.0109. The molecule has 7 heteroatoms. The maximum atomic E-state index is 12.9. The lowest BCUT2D eigenvalue weighted by Gasteiger charge is -2.29. The number of ether oxygens (including phenoxy) is 1. The molecule has 0 aromatic carbocycles. The van der Waals surface area contributed by atoms with E-state index in [-0.39, 0.29) is 24.0 Å². The van der Waals surface area contributed by atoms with Gasteiger partial charge in [-0.05, 0) is 36.2 Å². The zero-order valence-corrected chi connectivity index (χ0v) is 14.4. The molecule has 3 heterocycles. The molecule has 1 amide bonds. The van der Waals surface area contributed by atoms with Crippen molar-refractivity contribution in [1.29, 1.82) is 0 Å². The summed E-state index contributed by atoms with van der Waals surface area (Å²) in [5, 5.41) is 0. The third-order valence-electron chi connectivity index (χ3n) is 4.48. The van der Waals surface area contributed by atoms with Crippen LogP contribution in [0.3, 0.4) is 0 Å². The Morgan fingerprint density at radius 3 is 2.76 bits per heavy atom. The first-order chi connectivity index (χ1) is 12.2. The highest BCUT2D eigenvalue weighted by Crippen LogP contribution is 2.25. The van der Waals surface area contributed by atoms with Gasteiger partial charge in [0.2, 0.25) is 5.91 Å². The van der Waals surface area contributed by atoms with E-state index in [0.717, 1.165) is 11.3 Å². The molecule has 7 nitrogen and oxygen atoms in total. The fourth-order valence-corrected chi connectivity index (χ4v) is 3.06. The molecular weight excluding hydrogens is 318 g/mol. The Morgan fingerprint density at radius 1 is 1.28 bits per heavy atom. The highest BCUT2D eigenvalue weighted by atomic mass is 16.5. The fraction of sp³-hybridized carbons (Fsp3) is 0.389. The van der Waals surface area contributed by atoms with E-state index in [1.807, 2.05) is 30.3 Å². The molecule has 132 valence electrons. The van der Waals surface area contributed by atoms with E-state index in [2.05, 4.69) is 20.8 Å². The van der Waals surface area contributed by atoms with Crippen LogP contribution in [-0.2, 0) is 9.53 Å². The van der Waals surface area contributed by atoms with Gasteiger partial charge >= 0.3 is 0 Å². The van der Waals surface area contributed by atoms with E-state index in [9.17, 15) is 4.79 Å². The van der Waals surface area contributed by atoms with Gasteiger partial charge in [0.1, 0.15) is 6.04 Å². The lowest BCUT2D eigenvalue weighted by Crippen LogP contribution is -2.46. The molecule has 1 fully saturated rings. The van der Waals surface area contributed by atoms with Gasteiger partial charge in [-0.2, -0.15) is 0 Å². The van der Waals surface area contributed by atoms with E-state index in [1.54, 1.807) is 37.6 Å². The Labute approximate surface area is 147 Å². The van der Waals surface area contributed by atoms with Crippen LogP contribution in [0.5, 0.6) is 0 Å². The predicted octanol–water partition coefficient (Wildman–Crippen LogP) is 1.23. The maximum absolute atomic E-state index is 12.9. The number of rotatable bonds is 6.